The largest absolute Gasteiger partial charge is 0.336 e. The molecule has 0 aliphatic carbocycles. The average molecular weight is 146 g/mol. The molecule has 0 aromatic heterocycles. The van der Waals surface area contributed by atoms with Crippen molar-refractivity contribution in [3.05, 3.63) is 12.3 Å². The SMILES string of the molecule is O=C(NO)C1C=CNS1. The standard InChI is InChI=1S/C4H6N2O2S/c7-4(6-8)3-1-2-5-9-3/h1-3,5,8H,(H,6,7). The highest BCUT2D eigenvalue weighted by molar-refractivity contribution is 7.99. The third kappa shape index (κ3) is 1.36. The van der Waals surface area contributed by atoms with Gasteiger partial charge in [-0.25, -0.2) is 5.48 Å². The van der Waals surface area contributed by atoms with Crippen molar-refractivity contribution in [3.8, 4) is 0 Å². The summed E-state index contributed by atoms with van der Waals surface area (Å²) in [5.41, 5.74) is 1.56. The van der Waals surface area contributed by atoms with Crippen LogP contribution in [0.4, 0.5) is 0 Å². The maximum atomic E-state index is 10.5. The van der Waals surface area contributed by atoms with Crippen molar-refractivity contribution in [1.82, 2.24) is 10.2 Å². The maximum absolute atomic E-state index is 10.5. The van der Waals surface area contributed by atoms with Gasteiger partial charge in [-0.15, -0.1) is 0 Å². The first-order chi connectivity index (χ1) is 4.34. The predicted octanol–water partition coefficient (Wildman–Crippen LogP) is -0.374. The number of hydrogen-bond donors (Lipinski definition) is 3. The molecule has 0 spiro atoms. The van der Waals surface area contributed by atoms with Gasteiger partial charge in [-0.05, 0) is 18.0 Å². The van der Waals surface area contributed by atoms with E-state index in [2.05, 4.69) is 4.72 Å². The van der Waals surface area contributed by atoms with Crippen molar-refractivity contribution in [2.45, 2.75) is 5.25 Å². The molecule has 0 fully saturated rings. The monoisotopic (exact) mass is 146 g/mol. The van der Waals surface area contributed by atoms with E-state index in [4.69, 9.17) is 5.21 Å². The van der Waals surface area contributed by atoms with Crippen LogP contribution in [0.2, 0.25) is 0 Å². The van der Waals surface area contributed by atoms with Gasteiger partial charge in [0.15, 0.2) is 0 Å². The zero-order valence-electron chi connectivity index (χ0n) is 4.50. The Morgan fingerprint density at radius 3 is 3.11 bits per heavy atom. The molecule has 4 nitrogen and oxygen atoms in total. The maximum Gasteiger partial charge on any atom is 0.262 e. The van der Waals surface area contributed by atoms with E-state index in [1.807, 2.05) is 0 Å². The second-order valence-corrected chi connectivity index (χ2v) is 2.47. The van der Waals surface area contributed by atoms with Gasteiger partial charge in [0.1, 0.15) is 5.25 Å². The Balaban J connectivity index is 2.43. The van der Waals surface area contributed by atoms with Crippen LogP contribution in [0.15, 0.2) is 12.3 Å². The van der Waals surface area contributed by atoms with E-state index < -0.39 is 5.91 Å². The van der Waals surface area contributed by atoms with E-state index in [0.29, 0.717) is 0 Å². The van der Waals surface area contributed by atoms with E-state index in [9.17, 15) is 4.79 Å². The summed E-state index contributed by atoms with van der Waals surface area (Å²) in [4.78, 5) is 10.5. The van der Waals surface area contributed by atoms with Crippen LogP contribution in [-0.2, 0) is 4.79 Å². The minimum absolute atomic E-state index is 0.296. The third-order valence-electron chi connectivity index (χ3n) is 0.903. The minimum Gasteiger partial charge on any atom is -0.336 e. The molecule has 1 atom stereocenters. The van der Waals surface area contributed by atoms with Gasteiger partial charge in [-0.1, -0.05) is 0 Å². The quantitative estimate of drug-likeness (QED) is 0.268. The summed E-state index contributed by atoms with van der Waals surface area (Å²) in [7, 11) is 0. The van der Waals surface area contributed by atoms with Crippen LogP contribution in [-0.4, -0.2) is 16.4 Å². The second-order valence-electron chi connectivity index (χ2n) is 1.49. The van der Waals surface area contributed by atoms with Gasteiger partial charge in [0, 0.05) is 6.20 Å². The first-order valence-electron chi connectivity index (χ1n) is 2.36. The van der Waals surface area contributed by atoms with Crippen molar-refractivity contribution >= 4 is 17.9 Å². The predicted molar refractivity (Wildman–Crippen MR) is 33.6 cm³/mol. The number of hydrogen-bond acceptors (Lipinski definition) is 4. The number of carbonyl (C=O) groups excluding carboxylic acids is 1. The van der Waals surface area contributed by atoms with Crippen LogP contribution < -0.4 is 10.2 Å². The molecular weight excluding hydrogens is 140 g/mol. The molecule has 0 bridgehead atoms. The Bertz CT molecular complexity index is 148. The number of carbonyl (C=O) groups is 1. The van der Waals surface area contributed by atoms with Crippen LogP contribution in [0.25, 0.3) is 0 Å². The van der Waals surface area contributed by atoms with Crippen molar-refractivity contribution in [2.24, 2.45) is 0 Å². The Hall–Kier alpha value is -0.680. The zero-order chi connectivity index (χ0) is 6.69. The van der Waals surface area contributed by atoms with E-state index in [1.54, 1.807) is 17.8 Å². The topological polar surface area (TPSA) is 61.4 Å². The summed E-state index contributed by atoms with van der Waals surface area (Å²) >= 11 is 1.24. The summed E-state index contributed by atoms with van der Waals surface area (Å²) in [5, 5.41) is 7.82. The van der Waals surface area contributed by atoms with Gasteiger partial charge in [-0.2, -0.15) is 0 Å². The molecule has 0 aromatic rings. The van der Waals surface area contributed by atoms with Gasteiger partial charge < -0.3 is 4.72 Å². The third-order valence-corrected chi connectivity index (χ3v) is 1.80. The molecule has 1 aliphatic rings. The first kappa shape index (κ1) is 6.44. The van der Waals surface area contributed by atoms with Crippen molar-refractivity contribution in [2.75, 3.05) is 0 Å². The van der Waals surface area contributed by atoms with Crippen LogP contribution in [0, 0.1) is 0 Å². The molecule has 3 N–H and O–H groups in total. The summed E-state index contributed by atoms with van der Waals surface area (Å²) in [6, 6.07) is 0. The lowest BCUT2D eigenvalue weighted by Gasteiger charge is -2.00. The Labute approximate surface area is 56.4 Å². The molecule has 0 saturated carbocycles. The lowest BCUT2D eigenvalue weighted by atomic mass is 10.4. The van der Waals surface area contributed by atoms with Crippen molar-refractivity contribution in [1.29, 1.82) is 0 Å². The molecule has 5 heteroatoms. The average Bonchev–Trinajstić information content (AvgIpc) is 2.37. The molecule has 0 radical (unpaired) electrons. The molecule has 1 unspecified atom stereocenters. The number of rotatable bonds is 1. The van der Waals surface area contributed by atoms with Crippen LogP contribution in [0.3, 0.4) is 0 Å². The van der Waals surface area contributed by atoms with Crippen LogP contribution in [0.1, 0.15) is 0 Å². The number of hydroxylamine groups is 1. The fourth-order valence-corrected chi connectivity index (χ4v) is 1.10. The molecule has 0 aromatic carbocycles. The molecule has 0 saturated heterocycles. The lowest BCUT2D eigenvalue weighted by Crippen LogP contribution is -2.27. The Morgan fingerprint density at radius 2 is 2.67 bits per heavy atom. The zero-order valence-corrected chi connectivity index (χ0v) is 5.31. The van der Waals surface area contributed by atoms with E-state index in [0.717, 1.165) is 0 Å². The minimum atomic E-state index is -0.402. The smallest absolute Gasteiger partial charge is 0.262 e. The highest BCUT2D eigenvalue weighted by Crippen LogP contribution is 2.13. The fraction of sp³-hybridized carbons (Fsp3) is 0.250. The van der Waals surface area contributed by atoms with Gasteiger partial charge in [0.2, 0.25) is 0 Å². The normalized spacial score (nSPS) is 23.4. The molecule has 1 rings (SSSR count). The molecule has 50 valence electrons. The van der Waals surface area contributed by atoms with E-state index >= 15 is 0 Å². The second kappa shape index (κ2) is 2.75. The first-order valence-corrected chi connectivity index (χ1v) is 3.24. The van der Waals surface area contributed by atoms with Crippen molar-refractivity contribution in [3.63, 3.8) is 0 Å². The van der Waals surface area contributed by atoms with Gasteiger partial charge >= 0.3 is 0 Å². The molecule has 1 heterocycles. The molecule has 1 amide bonds. The van der Waals surface area contributed by atoms with Crippen molar-refractivity contribution < 1.29 is 10.0 Å². The summed E-state index contributed by atoms with van der Waals surface area (Å²) < 4.78 is 2.75. The van der Waals surface area contributed by atoms with Gasteiger partial charge in [0.25, 0.3) is 5.91 Å². The highest BCUT2D eigenvalue weighted by atomic mass is 32.2. The summed E-state index contributed by atoms with van der Waals surface area (Å²) in [5.74, 6) is -0.402. The van der Waals surface area contributed by atoms with Gasteiger partial charge in [0.05, 0.1) is 0 Å². The fourth-order valence-electron chi connectivity index (χ4n) is 0.483. The Kier molecular flexibility index (Phi) is 1.96. The molecular formula is C4H6N2O2S. The van der Waals surface area contributed by atoms with E-state index in [1.165, 1.54) is 11.9 Å². The summed E-state index contributed by atoms with van der Waals surface area (Å²) in [6.07, 6.45) is 3.32. The molecule has 1 aliphatic heterocycles. The van der Waals surface area contributed by atoms with Crippen LogP contribution in [0.5, 0.6) is 0 Å². The van der Waals surface area contributed by atoms with Gasteiger partial charge in [-0.3, -0.25) is 10.0 Å². The Morgan fingerprint density at radius 1 is 1.89 bits per heavy atom. The lowest BCUT2D eigenvalue weighted by molar-refractivity contribution is -0.127. The molecule has 9 heavy (non-hydrogen) atoms. The van der Waals surface area contributed by atoms with Crippen LogP contribution >= 0.6 is 11.9 Å². The number of nitrogens with one attached hydrogen (secondary N) is 2. The summed E-state index contributed by atoms with van der Waals surface area (Å²) in [6.45, 7) is 0. The van der Waals surface area contributed by atoms with E-state index in [-0.39, 0.29) is 5.25 Å². The number of amides is 1. The highest BCUT2D eigenvalue weighted by Gasteiger charge is 2.17.